The monoisotopic (exact) mass is 345 g/mol. The normalized spacial score (nSPS) is 16.6. The summed E-state index contributed by atoms with van der Waals surface area (Å²) in [4.78, 5) is 17.0. The third kappa shape index (κ3) is 3.02. The van der Waals surface area contributed by atoms with Gasteiger partial charge in [-0.2, -0.15) is 14.0 Å². The Labute approximate surface area is 141 Å². The number of aliphatic hydroxyl groups excluding tert-OH is 1. The number of carbonyl (C=O) groups excluding carboxylic acids is 1. The topological polar surface area (TPSA) is 86.5 Å². The van der Waals surface area contributed by atoms with Gasteiger partial charge < -0.3 is 9.84 Å². The van der Waals surface area contributed by atoms with Crippen LogP contribution in [0.5, 0.6) is 5.75 Å². The molecule has 2 heterocycles. The number of nitrogens with zero attached hydrogens (tertiary/aromatic N) is 3. The molecule has 1 aliphatic heterocycles. The van der Waals surface area contributed by atoms with E-state index in [0.717, 1.165) is 4.90 Å². The molecule has 8 heteroatoms. The number of benzene rings is 1. The molecular formula is C17H13F2N3O3. The summed E-state index contributed by atoms with van der Waals surface area (Å²) < 4.78 is 32.7. The van der Waals surface area contributed by atoms with Crippen LogP contribution in [0.3, 0.4) is 0 Å². The number of halogens is 2. The van der Waals surface area contributed by atoms with E-state index < -0.39 is 18.1 Å². The number of alkyl halides is 2. The molecule has 0 spiro atoms. The Hall–Kier alpha value is -3.05. The highest BCUT2D eigenvalue weighted by atomic mass is 19.3. The highest BCUT2D eigenvalue weighted by Crippen LogP contribution is 2.44. The van der Waals surface area contributed by atoms with Crippen LogP contribution in [0.25, 0.3) is 0 Å². The fourth-order valence-electron chi connectivity index (χ4n) is 2.58. The standard InChI is InChI=1S/C17H13F2N3O3/c1-10(23)13-6-3-7-14-15(13)25-17(18,19)16(24)22(14)9-12-5-2-4-11(8-20)21-12/h2-7,10,23H,9H2,1H3/t10-/m1/s1. The van der Waals surface area contributed by atoms with Crippen molar-refractivity contribution in [1.82, 2.24) is 4.98 Å². The SMILES string of the molecule is C[C@@H](O)c1cccc2c1OC(F)(F)C(=O)N2Cc1cccc(C#N)n1. The number of hydrogen-bond acceptors (Lipinski definition) is 5. The smallest absolute Gasteiger partial charge is 0.423 e. The van der Waals surface area contributed by atoms with E-state index >= 15 is 0 Å². The van der Waals surface area contributed by atoms with Crippen molar-refractivity contribution in [1.29, 1.82) is 5.26 Å². The maximum absolute atomic E-state index is 14.1. The van der Waals surface area contributed by atoms with E-state index in [-0.39, 0.29) is 34.9 Å². The average Bonchev–Trinajstić information content (AvgIpc) is 2.58. The number of nitriles is 1. The van der Waals surface area contributed by atoms with Crippen molar-refractivity contribution in [2.24, 2.45) is 0 Å². The maximum Gasteiger partial charge on any atom is 0.483 e. The second kappa shape index (κ2) is 6.11. The summed E-state index contributed by atoms with van der Waals surface area (Å²) in [6.07, 6.45) is -5.12. The van der Waals surface area contributed by atoms with Crippen molar-refractivity contribution in [3.8, 4) is 11.8 Å². The van der Waals surface area contributed by atoms with Gasteiger partial charge >= 0.3 is 12.0 Å². The molecule has 0 saturated heterocycles. The van der Waals surface area contributed by atoms with Gasteiger partial charge in [0, 0.05) is 5.56 Å². The molecule has 25 heavy (non-hydrogen) atoms. The first-order valence-corrected chi connectivity index (χ1v) is 7.39. The Bertz CT molecular complexity index is 878. The number of hydrogen-bond donors (Lipinski definition) is 1. The Kier molecular flexibility index (Phi) is 4.10. The Morgan fingerprint density at radius 3 is 2.76 bits per heavy atom. The van der Waals surface area contributed by atoms with Crippen LogP contribution in [0.2, 0.25) is 0 Å². The molecule has 2 aromatic rings. The fourth-order valence-corrected chi connectivity index (χ4v) is 2.58. The summed E-state index contributed by atoms with van der Waals surface area (Å²) in [7, 11) is 0. The summed E-state index contributed by atoms with van der Waals surface area (Å²) in [6, 6.07) is 10.8. The van der Waals surface area contributed by atoms with Crippen molar-refractivity contribution in [2.45, 2.75) is 25.7 Å². The first kappa shape index (κ1) is 16.8. The minimum Gasteiger partial charge on any atom is -0.423 e. The van der Waals surface area contributed by atoms with Gasteiger partial charge in [0.05, 0.1) is 24.0 Å². The van der Waals surface area contributed by atoms with Crippen LogP contribution in [0.15, 0.2) is 36.4 Å². The molecule has 1 atom stereocenters. The number of para-hydroxylation sites is 1. The lowest BCUT2D eigenvalue weighted by atomic mass is 10.1. The van der Waals surface area contributed by atoms with Crippen molar-refractivity contribution >= 4 is 11.6 Å². The molecule has 1 aromatic carbocycles. The second-order valence-corrected chi connectivity index (χ2v) is 5.51. The average molecular weight is 345 g/mol. The summed E-state index contributed by atoms with van der Waals surface area (Å²) in [6.45, 7) is 1.15. The predicted octanol–water partition coefficient (Wildman–Crippen LogP) is 2.52. The predicted molar refractivity (Wildman–Crippen MR) is 82.8 cm³/mol. The quantitative estimate of drug-likeness (QED) is 0.924. The van der Waals surface area contributed by atoms with Gasteiger partial charge in [-0.3, -0.25) is 9.69 Å². The molecule has 6 nitrogen and oxygen atoms in total. The zero-order valence-corrected chi connectivity index (χ0v) is 13.1. The Balaban J connectivity index is 2.08. The van der Waals surface area contributed by atoms with Crippen LogP contribution in [-0.2, 0) is 11.3 Å². The first-order chi connectivity index (χ1) is 11.8. The number of aliphatic hydroxyl groups is 1. The molecule has 128 valence electrons. The molecule has 1 amide bonds. The molecular weight excluding hydrogens is 332 g/mol. The van der Waals surface area contributed by atoms with Gasteiger partial charge in [0.2, 0.25) is 0 Å². The zero-order valence-electron chi connectivity index (χ0n) is 13.1. The van der Waals surface area contributed by atoms with E-state index in [1.54, 1.807) is 6.07 Å². The van der Waals surface area contributed by atoms with E-state index in [9.17, 15) is 18.7 Å². The fraction of sp³-hybridized carbons (Fsp3) is 0.235. The van der Waals surface area contributed by atoms with E-state index in [1.807, 2.05) is 6.07 Å². The minimum absolute atomic E-state index is 0.110. The lowest BCUT2D eigenvalue weighted by molar-refractivity contribution is -0.193. The number of amides is 1. The number of rotatable bonds is 3. The van der Waals surface area contributed by atoms with Gasteiger partial charge in [-0.25, -0.2) is 4.98 Å². The molecule has 1 aliphatic rings. The number of ether oxygens (including phenoxy) is 1. The third-order valence-electron chi connectivity index (χ3n) is 3.73. The van der Waals surface area contributed by atoms with Gasteiger partial charge in [0.15, 0.2) is 5.75 Å². The van der Waals surface area contributed by atoms with E-state index in [1.165, 1.54) is 37.3 Å². The highest BCUT2D eigenvalue weighted by Gasteiger charge is 2.51. The summed E-state index contributed by atoms with van der Waals surface area (Å²) >= 11 is 0. The van der Waals surface area contributed by atoms with E-state index in [2.05, 4.69) is 9.72 Å². The number of carbonyl (C=O) groups is 1. The van der Waals surface area contributed by atoms with Crippen LogP contribution in [-0.4, -0.2) is 22.1 Å². The Morgan fingerprint density at radius 2 is 2.08 bits per heavy atom. The zero-order chi connectivity index (χ0) is 18.2. The largest absolute Gasteiger partial charge is 0.483 e. The van der Waals surface area contributed by atoms with Gasteiger partial charge in [-0.1, -0.05) is 18.2 Å². The number of pyridine rings is 1. The van der Waals surface area contributed by atoms with E-state index in [0.29, 0.717) is 0 Å². The summed E-state index contributed by atoms with van der Waals surface area (Å²) in [5.41, 5.74) is 0.647. The molecule has 0 aliphatic carbocycles. The first-order valence-electron chi connectivity index (χ1n) is 7.39. The van der Waals surface area contributed by atoms with Crippen LogP contribution >= 0.6 is 0 Å². The van der Waals surface area contributed by atoms with Crippen LogP contribution in [0.1, 0.15) is 30.0 Å². The number of aromatic nitrogens is 1. The molecule has 1 N–H and O–H groups in total. The van der Waals surface area contributed by atoms with Crippen LogP contribution in [0.4, 0.5) is 14.5 Å². The van der Waals surface area contributed by atoms with Crippen molar-refractivity contribution in [3.63, 3.8) is 0 Å². The van der Waals surface area contributed by atoms with Crippen LogP contribution in [0, 0.1) is 11.3 Å². The van der Waals surface area contributed by atoms with Crippen molar-refractivity contribution in [2.75, 3.05) is 4.90 Å². The molecule has 0 saturated carbocycles. The van der Waals surface area contributed by atoms with Crippen molar-refractivity contribution < 1.29 is 23.4 Å². The number of anilines is 1. The molecule has 0 unspecified atom stereocenters. The van der Waals surface area contributed by atoms with Crippen LogP contribution < -0.4 is 9.64 Å². The molecule has 0 fully saturated rings. The van der Waals surface area contributed by atoms with E-state index in [4.69, 9.17) is 5.26 Å². The number of fused-ring (bicyclic) bond motifs is 1. The minimum atomic E-state index is -4.06. The van der Waals surface area contributed by atoms with Gasteiger partial charge in [-0.05, 0) is 25.1 Å². The lowest BCUT2D eigenvalue weighted by Crippen LogP contribution is -2.50. The molecule has 0 bridgehead atoms. The molecule has 0 radical (unpaired) electrons. The lowest BCUT2D eigenvalue weighted by Gasteiger charge is -2.34. The summed E-state index contributed by atoms with van der Waals surface area (Å²) in [5.74, 6) is -1.79. The maximum atomic E-state index is 14.1. The highest BCUT2D eigenvalue weighted by molar-refractivity contribution is 6.01. The van der Waals surface area contributed by atoms with Gasteiger partial charge in [-0.15, -0.1) is 0 Å². The van der Waals surface area contributed by atoms with Gasteiger partial charge in [0.1, 0.15) is 11.8 Å². The summed E-state index contributed by atoms with van der Waals surface area (Å²) in [5, 5.41) is 18.7. The van der Waals surface area contributed by atoms with Gasteiger partial charge in [0.25, 0.3) is 0 Å². The second-order valence-electron chi connectivity index (χ2n) is 5.51. The van der Waals surface area contributed by atoms with Crippen molar-refractivity contribution in [3.05, 3.63) is 53.3 Å². The molecule has 1 aromatic heterocycles. The molecule has 3 rings (SSSR count). The third-order valence-corrected chi connectivity index (χ3v) is 3.73. The Morgan fingerprint density at radius 1 is 1.36 bits per heavy atom.